The molecule has 1 aromatic rings. The van der Waals surface area contributed by atoms with Gasteiger partial charge >= 0.3 is 0 Å². The number of aryl methyl sites for hydroxylation is 1. The van der Waals surface area contributed by atoms with Crippen LogP contribution in [0.5, 0.6) is 0 Å². The summed E-state index contributed by atoms with van der Waals surface area (Å²) in [5.41, 5.74) is 0. The summed E-state index contributed by atoms with van der Waals surface area (Å²) < 4.78 is 2.18. The molecule has 0 amide bonds. The highest BCUT2D eigenvalue weighted by atomic mass is 15.3. The maximum atomic E-state index is 4.27. The number of rotatable bonds is 5. The van der Waals surface area contributed by atoms with Crippen molar-refractivity contribution in [1.82, 2.24) is 20.1 Å². The fraction of sp³-hybridized carbons (Fsp3) is 0.867. The van der Waals surface area contributed by atoms with Gasteiger partial charge in [0.1, 0.15) is 11.6 Å². The predicted molar refractivity (Wildman–Crippen MR) is 77.9 cm³/mol. The molecule has 0 bridgehead atoms. The summed E-state index contributed by atoms with van der Waals surface area (Å²) in [7, 11) is 0. The van der Waals surface area contributed by atoms with Gasteiger partial charge in [0.05, 0.1) is 6.54 Å². The van der Waals surface area contributed by atoms with Gasteiger partial charge in [0.2, 0.25) is 0 Å². The lowest BCUT2D eigenvalue weighted by atomic mass is 9.79. The molecule has 0 radical (unpaired) electrons. The average molecular weight is 264 g/mol. The molecule has 1 heterocycles. The zero-order chi connectivity index (χ0) is 13.8. The SMILES string of the molecule is CCn1c(C)nnc1CN[C@H](C)[C@H]1CCC[C@@H](C)C1. The standard InChI is InChI=1S/C15H28N4/c1-5-19-13(4)17-18-15(19)10-16-12(3)14-8-6-7-11(2)9-14/h11-12,14,16H,5-10H2,1-4H3/t11-,12-,14+/m1/s1. The molecule has 0 aliphatic heterocycles. The van der Waals surface area contributed by atoms with E-state index in [-0.39, 0.29) is 0 Å². The van der Waals surface area contributed by atoms with Crippen molar-refractivity contribution in [1.29, 1.82) is 0 Å². The van der Waals surface area contributed by atoms with Gasteiger partial charge in [-0.25, -0.2) is 0 Å². The van der Waals surface area contributed by atoms with Gasteiger partial charge in [-0.2, -0.15) is 0 Å². The molecule has 1 aromatic heterocycles. The molecule has 19 heavy (non-hydrogen) atoms. The third kappa shape index (κ3) is 3.56. The van der Waals surface area contributed by atoms with Gasteiger partial charge in [0.25, 0.3) is 0 Å². The van der Waals surface area contributed by atoms with Gasteiger partial charge in [0.15, 0.2) is 0 Å². The molecular formula is C15H28N4. The summed E-state index contributed by atoms with van der Waals surface area (Å²) in [6.07, 6.45) is 5.54. The Morgan fingerprint density at radius 2 is 2.16 bits per heavy atom. The molecular weight excluding hydrogens is 236 g/mol. The van der Waals surface area contributed by atoms with E-state index < -0.39 is 0 Å². The summed E-state index contributed by atoms with van der Waals surface area (Å²) in [5, 5.41) is 12.1. The van der Waals surface area contributed by atoms with Crippen LogP contribution in [0, 0.1) is 18.8 Å². The van der Waals surface area contributed by atoms with Crippen LogP contribution in [0.25, 0.3) is 0 Å². The number of aromatic nitrogens is 3. The first kappa shape index (κ1) is 14.5. The monoisotopic (exact) mass is 264 g/mol. The Morgan fingerprint density at radius 3 is 2.84 bits per heavy atom. The molecule has 4 heteroatoms. The molecule has 1 aliphatic rings. The van der Waals surface area contributed by atoms with Crippen molar-refractivity contribution in [2.24, 2.45) is 11.8 Å². The lowest BCUT2D eigenvalue weighted by molar-refractivity contribution is 0.229. The minimum Gasteiger partial charge on any atom is -0.314 e. The first-order chi connectivity index (χ1) is 9.11. The van der Waals surface area contributed by atoms with Crippen molar-refractivity contribution in [3.63, 3.8) is 0 Å². The summed E-state index contributed by atoms with van der Waals surface area (Å²) in [4.78, 5) is 0. The minimum atomic E-state index is 0.574. The largest absolute Gasteiger partial charge is 0.314 e. The molecule has 1 aliphatic carbocycles. The van der Waals surface area contributed by atoms with Crippen LogP contribution in [-0.2, 0) is 13.1 Å². The molecule has 4 nitrogen and oxygen atoms in total. The lowest BCUT2D eigenvalue weighted by Crippen LogP contribution is -2.36. The van der Waals surface area contributed by atoms with Crippen LogP contribution >= 0.6 is 0 Å². The smallest absolute Gasteiger partial charge is 0.146 e. The van der Waals surface area contributed by atoms with E-state index in [9.17, 15) is 0 Å². The quantitative estimate of drug-likeness (QED) is 0.889. The molecule has 1 N–H and O–H groups in total. The first-order valence-corrected chi connectivity index (χ1v) is 7.73. The zero-order valence-corrected chi connectivity index (χ0v) is 12.8. The predicted octanol–water partition coefficient (Wildman–Crippen LogP) is 2.91. The maximum Gasteiger partial charge on any atom is 0.146 e. The van der Waals surface area contributed by atoms with Gasteiger partial charge < -0.3 is 9.88 Å². The molecule has 1 fully saturated rings. The molecule has 0 spiro atoms. The molecule has 0 saturated heterocycles. The Balaban J connectivity index is 1.87. The lowest BCUT2D eigenvalue weighted by Gasteiger charge is -2.31. The van der Waals surface area contributed by atoms with E-state index in [1.807, 2.05) is 6.92 Å². The van der Waals surface area contributed by atoms with Crippen molar-refractivity contribution in [3.8, 4) is 0 Å². The van der Waals surface area contributed by atoms with Gasteiger partial charge in [-0.1, -0.05) is 19.8 Å². The highest BCUT2D eigenvalue weighted by Crippen LogP contribution is 2.30. The van der Waals surface area contributed by atoms with Crippen LogP contribution in [-0.4, -0.2) is 20.8 Å². The second kappa shape index (κ2) is 6.51. The van der Waals surface area contributed by atoms with Crippen molar-refractivity contribution in [2.45, 2.75) is 72.5 Å². The number of nitrogens with zero attached hydrogens (tertiary/aromatic N) is 3. The van der Waals surface area contributed by atoms with Gasteiger partial charge in [0, 0.05) is 12.6 Å². The normalized spacial score (nSPS) is 25.5. The topological polar surface area (TPSA) is 42.7 Å². The second-order valence-electron chi connectivity index (χ2n) is 6.11. The van der Waals surface area contributed by atoms with E-state index in [0.717, 1.165) is 36.6 Å². The van der Waals surface area contributed by atoms with Crippen LogP contribution in [0.4, 0.5) is 0 Å². The molecule has 2 rings (SSSR count). The fourth-order valence-electron chi connectivity index (χ4n) is 3.32. The molecule has 1 saturated carbocycles. The Hall–Kier alpha value is -0.900. The van der Waals surface area contributed by atoms with Crippen LogP contribution < -0.4 is 5.32 Å². The molecule has 0 aromatic carbocycles. The minimum absolute atomic E-state index is 0.574. The van der Waals surface area contributed by atoms with Crippen LogP contribution in [0.3, 0.4) is 0 Å². The Morgan fingerprint density at radius 1 is 1.37 bits per heavy atom. The van der Waals surface area contributed by atoms with E-state index in [4.69, 9.17) is 0 Å². The van der Waals surface area contributed by atoms with Crippen LogP contribution in [0.2, 0.25) is 0 Å². The summed E-state index contributed by atoms with van der Waals surface area (Å²) in [6, 6.07) is 0.574. The fourth-order valence-corrected chi connectivity index (χ4v) is 3.32. The molecule has 3 atom stereocenters. The van der Waals surface area contributed by atoms with E-state index in [1.54, 1.807) is 0 Å². The van der Waals surface area contributed by atoms with E-state index in [1.165, 1.54) is 25.7 Å². The maximum absolute atomic E-state index is 4.27. The van der Waals surface area contributed by atoms with Crippen molar-refractivity contribution in [3.05, 3.63) is 11.6 Å². The third-order valence-corrected chi connectivity index (χ3v) is 4.59. The number of nitrogens with one attached hydrogen (secondary N) is 1. The molecule has 0 unspecified atom stereocenters. The average Bonchev–Trinajstić information content (AvgIpc) is 2.76. The second-order valence-corrected chi connectivity index (χ2v) is 6.11. The third-order valence-electron chi connectivity index (χ3n) is 4.59. The van der Waals surface area contributed by atoms with Gasteiger partial charge in [-0.3, -0.25) is 0 Å². The van der Waals surface area contributed by atoms with Crippen LogP contribution in [0.15, 0.2) is 0 Å². The van der Waals surface area contributed by atoms with Crippen LogP contribution in [0.1, 0.15) is 58.1 Å². The summed E-state index contributed by atoms with van der Waals surface area (Å²) in [5.74, 6) is 3.79. The number of hydrogen-bond acceptors (Lipinski definition) is 3. The zero-order valence-electron chi connectivity index (χ0n) is 12.8. The first-order valence-electron chi connectivity index (χ1n) is 7.73. The van der Waals surface area contributed by atoms with Crippen molar-refractivity contribution >= 4 is 0 Å². The van der Waals surface area contributed by atoms with E-state index >= 15 is 0 Å². The van der Waals surface area contributed by atoms with Gasteiger partial charge in [-0.05, 0) is 45.4 Å². The Kier molecular flexibility index (Phi) is 4.97. The van der Waals surface area contributed by atoms with E-state index in [0.29, 0.717) is 6.04 Å². The van der Waals surface area contributed by atoms with Crippen molar-refractivity contribution in [2.75, 3.05) is 0 Å². The van der Waals surface area contributed by atoms with E-state index in [2.05, 4.69) is 40.9 Å². The Labute approximate surface area is 117 Å². The summed E-state index contributed by atoms with van der Waals surface area (Å²) >= 11 is 0. The van der Waals surface area contributed by atoms with Crippen molar-refractivity contribution < 1.29 is 0 Å². The highest BCUT2D eigenvalue weighted by Gasteiger charge is 2.23. The Bertz CT molecular complexity index is 399. The highest BCUT2D eigenvalue weighted by molar-refractivity contribution is 4.94. The molecule has 108 valence electrons. The van der Waals surface area contributed by atoms with Gasteiger partial charge in [-0.15, -0.1) is 10.2 Å². The summed E-state index contributed by atoms with van der Waals surface area (Å²) in [6.45, 7) is 10.7. The number of hydrogen-bond donors (Lipinski definition) is 1.